The van der Waals surface area contributed by atoms with Gasteiger partial charge in [0.1, 0.15) is 5.82 Å². The van der Waals surface area contributed by atoms with Gasteiger partial charge in [-0.2, -0.15) is 0 Å². The van der Waals surface area contributed by atoms with Crippen molar-refractivity contribution in [1.29, 1.82) is 0 Å². The Morgan fingerprint density at radius 1 is 1.07 bits per heavy atom. The van der Waals surface area contributed by atoms with Crippen molar-refractivity contribution in [1.82, 2.24) is 10.3 Å². The molecule has 2 amide bonds. The maximum Gasteiger partial charge on any atom is 0.319 e. The average molecular weight is 434 g/mol. The molecule has 0 aliphatic heterocycles. The number of nitrogens with one attached hydrogen (secondary N) is 2. The van der Waals surface area contributed by atoms with Gasteiger partial charge >= 0.3 is 6.03 Å². The summed E-state index contributed by atoms with van der Waals surface area (Å²) in [5.74, 6) is -0.921. The summed E-state index contributed by atoms with van der Waals surface area (Å²) in [4.78, 5) is 16.0. The van der Waals surface area contributed by atoms with Crippen LogP contribution in [0, 0.1) is 5.82 Å². The third kappa shape index (κ3) is 5.75. The summed E-state index contributed by atoms with van der Waals surface area (Å²) < 4.78 is 38.3. The molecule has 0 saturated carbocycles. The van der Waals surface area contributed by atoms with E-state index in [0.29, 0.717) is 17.8 Å². The lowest BCUT2D eigenvalue weighted by molar-refractivity contribution is 0.251. The minimum atomic E-state index is -3.65. The first-order valence-electron chi connectivity index (χ1n) is 8.54. The van der Waals surface area contributed by atoms with Crippen molar-refractivity contribution in [2.24, 2.45) is 0 Å². The normalized spacial score (nSPS) is 11.1. The minimum Gasteiger partial charge on any atom is -0.334 e. The molecule has 0 radical (unpaired) electrons. The molecule has 1 aromatic heterocycles. The molecular formula is C20H17ClFN3O3S. The molecule has 1 heterocycles. The van der Waals surface area contributed by atoms with E-state index in [1.54, 1.807) is 18.5 Å². The largest absolute Gasteiger partial charge is 0.334 e. The molecule has 2 aromatic carbocycles. The summed E-state index contributed by atoms with van der Waals surface area (Å²) >= 11 is 5.70. The molecule has 6 nitrogen and oxygen atoms in total. The van der Waals surface area contributed by atoms with Gasteiger partial charge in [-0.3, -0.25) is 4.98 Å². The van der Waals surface area contributed by atoms with Gasteiger partial charge in [-0.15, -0.1) is 0 Å². The third-order valence-electron chi connectivity index (χ3n) is 3.99. The molecule has 0 aliphatic rings. The number of sulfone groups is 1. The Balaban J connectivity index is 1.61. The highest BCUT2D eigenvalue weighted by Crippen LogP contribution is 2.22. The van der Waals surface area contributed by atoms with Crippen LogP contribution >= 0.6 is 11.6 Å². The number of anilines is 1. The maximum absolute atomic E-state index is 13.2. The van der Waals surface area contributed by atoms with Crippen LogP contribution in [-0.4, -0.2) is 19.4 Å². The number of pyridine rings is 1. The number of halogens is 2. The van der Waals surface area contributed by atoms with E-state index in [-0.39, 0.29) is 15.7 Å². The Morgan fingerprint density at radius 2 is 1.83 bits per heavy atom. The number of amides is 2. The van der Waals surface area contributed by atoms with Crippen LogP contribution in [-0.2, 0) is 22.1 Å². The van der Waals surface area contributed by atoms with Gasteiger partial charge in [-0.05, 0) is 53.6 Å². The van der Waals surface area contributed by atoms with Gasteiger partial charge in [0.05, 0.1) is 15.7 Å². The van der Waals surface area contributed by atoms with Gasteiger partial charge in [0, 0.05) is 24.6 Å². The summed E-state index contributed by atoms with van der Waals surface area (Å²) in [6.45, 7) is 0.312. The molecule has 0 bridgehead atoms. The van der Waals surface area contributed by atoms with E-state index in [4.69, 9.17) is 11.6 Å². The van der Waals surface area contributed by atoms with E-state index >= 15 is 0 Å². The number of hydrogen-bond acceptors (Lipinski definition) is 4. The summed E-state index contributed by atoms with van der Waals surface area (Å²) in [6.07, 6.45) is 3.29. The highest BCUT2D eigenvalue weighted by Gasteiger charge is 2.16. The first kappa shape index (κ1) is 20.8. The van der Waals surface area contributed by atoms with Crippen LogP contribution in [0.3, 0.4) is 0 Å². The zero-order chi connectivity index (χ0) is 20.9. The maximum atomic E-state index is 13.2. The van der Waals surface area contributed by atoms with Gasteiger partial charge in [0.25, 0.3) is 0 Å². The molecular weight excluding hydrogens is 417 g/mol. The summed E-state index contributed by atoms with van der Waals surface area (Å²) in [7, 11) is -3.65. The average Bonchev–Trinajstić information content (AvgIpc) is 2.70. The Morgan fingerprint density at radius 3 is 2.48 bits per heavy atom. The van der Waals surface area contributed by atoms with E-state index in [0.717, 1.165) is 11.6 Å². The number of urea groups is 1. The predicted molar refractivity (Wildman–Crippen MR) is 109 cm³/mol. The second-order valence-corrected chi connectivity index (χ2v) is 8.60. The number of aromatic nitrogens is 1. The standard InChI is InChI=1S/C20H17ClFN3O3S/c21-18-10-14(3-8-19(18)22)13-29(27,28)17-6-4-16(5-7-17)25-20(26)24-12-15-2-1-9-23-11-15/h1-11H,12-13H2,(H2,24,25,26). The Bertz CT molecular complexity index is 1110. The molecule has 0 spiro atoms. The van der Waals surface area contributed by atoms with Gasteiger partial charge in [-0.1, -0.05) is 23.7 Å². The van der Waals surface area contributed by atoms with Crippen LogP contribution in [0.5, 0.6) is 0 Å². The number of nitrogens with zero attached hydrogens (tertiary/aromatic N) is 1. The van der Waals surface area contributed by atoms with Gasteiger partial charge in [-0.25, -0.2) is 17.6 Å². The fraction of sp³-hybridized carbons (Fsp3) is 0.100. The molecule has 3 aromatic rings. The van der Waals surface area contributed by atoms with E-state index in [9.17, 15) is 17.6 Å². The summed E-state index contributed by atoms with van der Waals surface area (Å²) in [5.41, 5.74) is 1.68. The Kier molecular flexibility index (Phi) is 6.46. The van der Waals surface area contributed by atoms with Crippen molar-refractivity contribution in [3.05, 3.63) is 89.0 Å². The second kappa shape index (κ2) is 9.02. The van der Waals surface area contributed by atoms with Crippen molar-refractivity contribution in [3.63, 3.8) is 0 Å². The van der Waals surface area contributed by atoms with E-state index in [1.807, 2.05) is 6.07 Å². The fourth-order valence-corrected chi connectivity index (χ4v) is 4.08. The number of hydrogen-bond donors (Lipinski definition) is 2. The molecule has 0 atom stereocenters. The lowest BCUT2D eigenvalue weighted by atomic mass is 10.2. The van der Waals surface area contributed by atoms with E-state index in [2.05, 4.69) is 15.6 Å². The fourth-order valence-electron chi connectivity index (χ4n) is 2.54. The van der Waals surface area contributed by atoms with Crippen molar-refractivity contribution in [3.8, 4) is 0 Å². The lowest BCUT2D eigenvalue weighted by Crippen LogP contribution is -2.28. The molecule has 0 fully saturated rings. The van der Waals surface area contributed by atoms with Crippen LogP contribution in [0.15, 0.2) is 71.9 Å². The molecule has 0 saturated heterocycles. The molecule has 2 N–H and O–H groups in total. The number of benzene rings is 2. The van der Waals surface area contributed by atoms with Crippen LogP contribution in [0.4, 0.5) is 14.9 Å². The van der Waals surface area contributed by atoms with E-state index in [1.165, 1.54) is 36.4 Å². The predicted octanol–water partition coefficient (Wildman–Crippen LogP) is 4.17. The number of carbonyl (C=O) groups is 1. The zero-order valence-corrected chi connectivity index (χ0v) is 16.7. The van der Waals surface area contributed by atoms with Gasteiger partial charge in [0.15, 0.2) is 9.84 Å². The molecule has 3 rings (SSSR count). The minimum absolute atomic E-state index is 0.0827. The first-order chi connectivity index (χ1) is 13.8. The third-order valence-corrected chi connectivity index (χ3v) is 5.98. The van der Waals surface area contributed by atoms with E-state index < -0.39 is 21.7 Å². The molecule has 0 unspecified atom stereocenters. The van der Waals surface area contributed by atoms with Crippen LogP contribution < -0.4 is 10.6 Å². The van der Waals surface area contributed by atoms with Crippen molar-refractivity contribution in [2.45, 2.75) is 17.2 Å². The number of rotatable bonds is 6. The first-order valence-corrected chi connectivity index (χ1v) is 10.6. The van der Waals surface area contributed by atoms with Gasteiger partial charge in [0.2, 0.25) is 0 Å². The summed E-state index contributed by atoms with van der Waals surface area (Å²) in [5, 5.41) is 5.18. The Labute approximate surface area is 172 Å². The molecule has 29 heavy (non-hydrogen) atoms. The molecule has 9 heteroatoms. The van der Waals surface area contributed by atoms with Crippen LogP contribution in [0.1, 0.15) is 11.1 Å². The van der Waals surface area contributed by atoms with Crippen LogP contribution in [0.2, 0.25) is 5.02 Å². The smallest absolute Gasteiger partial charge is 0.319 e. The topological polar surface area (TPSA) is 88.2 Å². The number of carbonyl (C=O) groups excluding carboxylic acids is 1. The second-order valence-electron chi connectivity index (χ2n) is 6.20. The molecule has 0 aliphatic carbocycles. The quantitative estimate of drug-likeness (QED) is 0.610. The summed E-state index contributed by atoms with van der Waals surface area (Å²) in [6, 6.07) is 12.8. The SMILES string of the molecule is O=C(NCc1cccnc1)Nc1ccc(S(=O)(=O)Cc2ccc(F)c(Cl)c2)cc1. The monoisotopic (exact) mass is 433 g/mol. The molecule has 150 valence electrons. The van der Waals surface area contributed by atoms with Crippen LogP contribution in [0.25, 0.3) is 0 Å². The zero-order valence-electron chi connectivity index (χ0n) is 15.1. The van der Waals surface area contributed by atoms with Gasteiger partial charge < -0.3 is 10.6 Å². The highest BCUT2D eigenvalue weighted by atomic mass is 35.5. The van der Waals surface area contributed by atoms with Crippen molar-refractivity contribution in [2.75, 3.05) is 5.32 Å². The lowest BCUT2D eigenvalue weighted by Gasteiger charge is -2.09. The van der Waals surface area contributed by atoms with Crippen molar-refractivity contribution >= 4 is 33.2 Å². The highest BCUT2D eigenvalue weighted by molar-refractivity contribution is 7.90. The van der Waals surface area contributed by atoms with Crippen molar-refractivity contribution < 1.29 is 17.6 Å². The Hall–Kier alpha value is -2.97.